The van der Waals surface area contributed by atoms with Crippen molar-refractivity contribution < 1.29 is 0 Å². The molecule has 0 aromatic carbocycles. The van der Waals surface area contributed by atoms with Crippen LogP contribution in [0.3, 0.4) is 0 Å². The maximum absolute atomic E-state index is 5.81. The van der Waals surface area contributed by atoms with Crippen LogP contribution >= 0.6 is 11.8 Å². The Balaban J connectivity index is 2.32. The predicted molar refractivity (Wildman–Crippen MR) is 79.6 cm³/mol. The van der Waals surface area contributed by atoms with E-state index >= 15 is 0 Å². The van der Waals surface area contributed by atoms with Gasteiger partial charge in [-0.2, -0.15) is 11.8 Å². The Morgan fingerprint density at radius 3 is 2.35 bits per heavy atom. The lowest BCUT2D eigenvalue weighted by molar-refractivity contribution is 0.336. The highest BCUT2D eigenvalue weighted by atomic mass is 32.2. The minimum absolute atomic E-state index is 0.508. The van der Waals surface area contributed by atoms with E-state index in [9.17, 15) is 0 Å². The van der Waals surface area contributed by atoms with Crippen molar-refractivity contribution in [1.29, 1.82) is 0 Å². The molecule has 17 heavy (non-hydrogen) atoms. The molecule has 1 unspecified atom stereocenters. The van der Waals surface area contributed by atoms with Crippen molar-refractivity contribution in [2.75, 3.05) is 25.9 Å². The molecule has 1 aliphatic rings. The van der Waals surface area contributed by atoms with Crippen LogP contribution in [0, 0.1) is 11.8 Å². The molecule has 0 aliphatic heterocycles. The van der Waals surface area contributed by atoms with Crippen LogP contribution in [-0.4, -0.2) is 30.6 Å². The third-order valence-corrected chi connectivity index (χ3v) is 5.72. The zero-order chi connectivity index (χ0) is 12.7. The zero-order valence-corrected chi connectivity index (χ0v) is 12.6. The van der Waals surface area contributed by atoms with E-state index in [1.807, 2.05) is 0 Å². The SMILES string of the molecule is CSC1(CNCC(CN)C(C)C)CCCCC1. The minimum atomic E-state index is 0.508. The number of hydrogen-bond donors (Lipinski definition) is 2. The van der Waals surface area contributed by atoms with Crippen LogP contribution in [0.2, 0.25) is 0 Å². The number of nitrogens with two attached hydrogens (primary N) is 1. The normalized spacial score (nSPS) is 21.7. The van der Waals surface area contributed by atoms with Crippen LogP contribution in [0.1, 0.15) is 46.0 Å². The summed E-state index contributed by atoms with van der Waals surface area (Å²) >= 11 is 2.07. The number of nitrogens with one attached hydrogen (secondary N) is 1. The Kier molecular flexibility index (Phi) is 6.90. The van der Waals surface area contributed by atoms with Gasteiger partial charge in [-0.15, -0.1) is 0 Å². The number of hydrogen-bond acceptors (Lipinski definition) is 3. The summed E-state index contributed by atoms with van der Waals surface area (Å²) in [5.41, 5.74) is 5.81. The summed E-state index contributed by atoms with van der Waals surface area (Å²) in [6.45, 7) is 7.58. The fourth-order valence-electron chi connectivity index (χ4n) is 2.73. The Morgan fingerprint density at radius 1 is 1.24 bits per heavy atom. The van der Waals surface area contributed by atoms with E-state index in [0.29, 0.717) is 16.6 Å². The lowest BCUT2D eigenvalue weighted by Gasteiger charge is -2.36. The summed E-state index contributed by atoms with van der Waals surface area (Å²) < 4.78 is 0.508. The van der Waals surface area contributed by atoms with Gasteiger partial charge in [0.25, 0.3) is 0 Å². The molecule has 0 aromatic heterocycles. The van der Waals surface area contributed by atoms with Crippen molar-refractivity contribution in [3.8, 4) is 0 Å². The number of rotatable bonds is 7. The molecule has 1 rings (SSSR count). The summed E-state index contributed by atoms with van der Waals surface area (Å²) in [5, 5.41) is 3.68. The summed E-state index contributed by atoms with van der Waals surface area (Å²) in [6.07, 6.45) is 9.29. The van der Waals surface area contributed by atoms with Gasteiger partial charge < -0.3 is 11.1 Å². The van der Waals surface area contributed by atoms with Gasteiger partial charge in [0, 0.05) is 11.3 Å². The molecule has 0 aromatic rings. The van der Waals surface area contributed by atoms with E-state index in [0.717, 1.165) is 19.6 Å². The van der Waals surface area contributed by atoms with Gasteiger partial charge in [0.1, 0.15) is 0 Å². The van der Waals surface area contributed by atoms with Gasteiger partial charge in [0.15, 0.2) is 0 Å². The molecule has 0 saturated heterocycles. The van der Waals surface area contributed by atoms with E-state index in [1.165, 1.54) is 32.1 Å². The average molecular weight is 258 g/mol. The van der Waals surface area contributed by atoms with Crippen LogP contribution in [0.15, 0.2) is 0 Å². The molecule has 0 radical (unpaired) electrons. The van der Waals surface area contributed by atoms with Gasteiger partial charge in [-0.05, 0) is 44.0 Å². The second-order valence-electron chi connectivity index (χ2n) is 5.82. The molecule has 2 nitrogen and oxygen atoms in total. The van der Waals surface area contributed by atoms with Crippen LogP contribution < -0.4 is 11.1 Å². The first kappa shape index (κ1) is 15.3. The topological polar surface area (TPSA) is 38.0 Å². The molecular weight excluding hydrogens is 228 g/mol. The third-order valence-electron chi connectivity index (χ3n) is 4.30. The zero-order valence-electron chi connectivity index (χ0n) is 11.8. The third kappa shape index (κ3) is 4.80. The summed E-state index contributed by atoms with van der Waals surface area (Å²) in [5.74, 6) is 1.31. The summed E-state index contributed by atoms with van der Waals surface area (Å²) in [7, 11) is 0. The highest BCUT2D eigenvalue weighted by Crippen LogP contribution is 2.37. The van der Waals surface area contributed by atoms with Gasteiger partial charge in [-0.1, -0.05) is 33.1 Å². The highest BCUT2D eigenvalue weighted by molar-refractivity contribution is 8.00. The fourth-order valence-corrected chi connectivity index (χ4v) is 3.67. The molecule has 0 amide bonds. The fraction of sp³-hybridized carbons (Fsp3) is 1.00. The molecule has 3 heteroatoms. The molecule has 3 N–H and O–H groups in total. The average Bonchev–Trinajstić information content (AvgIpc) is 2.35. The molecule has 0 heterocycles. The van der Waals surface area contributed by atoms with E-state index in [2.05, 4.69) is 37.2 Å². The van der Waals surface area contributed by atoms with Crippen LogP contribution in [0.4, 0.5) is 0 Å². The molecule has 0 bridgehead atoms. The van der Waals surface area contributed by atoms with Gasteiger partial charge >= 0.3 is 0 Å². The Bertz CT molecular complexity index is 200. The smallest absolute Gasteiger partial charge is 0.0281 e. The standard InChI is InChI=1S/C14H30N2S/c1-12(2)13(9-15)10-16-11-14(17-3)7-5-4-6-8-14/h12-13,16H,4-11,15H2,1-3H3. The molecule has 102 valence electrons. The van der Waals surface area contributed by atoms with E-state index < -0.39 is 0 Å². The van der Waals surface area contributed by atoms with Gasteiger partial charge in [-0.25, -0.2) is 0 Å². The predicted octanol–water partition coefficient (Wildman–Crippen LogP) is 2.87. The van der Waals surface area contributed by atoms with E-state index in [-0.39, 0.29) is 0 Å². The monoisotopic (exact) mass is 258 g/mol. The van der Waals surface area contributed by atoms with Crippen molar-refractivity contribution >= 4 is 11.8 Å². The van der Waals surface area contributed by atoms with Crippen LogP contribution in [0.5, 0.6) is 0 Å². The first-order chi connectivity index (χ1) is 8.13. The summed E-state index contributed by atoms with van der Waals surface area (Å²) in [6, 6.07) is 0. The van der Waals surface area contributed by atoms with Crippen molar-refractivity contribution in [3.05, 3.63) is 0 Å². The van der Waals surface area contributed by atoms with Crippen molar-refractivity contribution in [3.63, 3.8) is 0 Å². The number of thioether (sulfide) groups is 1. The van der Waals surface area contributed by atoms with E-state index in [4.69, 9.17) is 5.73 Å². The Labute approximate surface area is 111 Å². The molecule has 1 fully saturated rings. The largest absolute Gasteiger partial charge is 0.330 e. The molecule has 1 atom stereocenters. The second kappa shape index (κ2) is 7.65. The van der Waals surface area contributed by atoms with Crippen molar-refractivity contribution in [1.82, 2.24) is 5.32 Å². The Hall–Kier alpha value is 0.270. The maximum Gasteiger partial charge on any atom is 0.0281 e. The van der Waals surface area contributed by atoms with Gasteiger partial charge in [-0.3, -0.25) is 0 Å². The second-order valence-corrected chi connectivity index (χ2v) is 7.09. The molecule has 1 saturated carbocycles. The van der Waals surface area contributed by atoms with Crippen molar-refractivity contribution in [2.24, 2.45) is 17.6 Å². The van der Waals surface area contributed by atoms with Crippen LogP contribution in [0.25, 0.3) is 0 Å². The first-order valence-corrected chi connectivity index (χ1v) is 8.32. The van der Waals surface area contributed by atoms with Gasteiger partial charge in [0.2, 0.25) is 0 Å². The van der Waals surface area contributed by atoms with Gasteiger partial charge in [0.05, 0.1) is 0 Å². The highest BCUT2D eigenvalue weighted by Gasteiger charge is 2.30. The summed E-state index contributed by atoms with van der Waals surface area (Å²) in [4.78, 5) is 0. The van der Waals surface area contributed by atoms with Crippen LogP contribution in [-0.2, 0) is 0 Å². The lowest BCUT2D eigenvalue weighted by Crippen LogP contribution is -2.42. The Morgan fingerprint density at radius 2 is 1.88 bits per heavy atom. The quantitative estimate of drug-likeness (QED) is 0.737. The molecule has 1 aliphatic carbocycles. The first-order valence-electron chi connectivity index (χ1n) is 7.09. The minimum Gasteiger partial charge on any atom is -0.330 e. The van der Waals surface area contributed by atoms with Crippen molar-refractivity contribution in [2.45, 2.75) is 50.7 Å². The maximum atomic E-state index is 5.81. The van der Waals surface area contributed by atoms with E-state index in [1.54, 1.807) is 0 Å². The molecule has 0 spiro atoms. The lowest BCUT2D eigenvalue weighted by atomic mass is 9.88. The molecular formula is C14H30N2S.